The molecule has 124 heavy (non-hydrogen) atoms. The number of phenols is 6. The summed E-state index contributed by atoms with van der Waals surface area (Å²) in [4.78, 5) is 151. The van der Waals surface area contributed by atoms with Crippen LogP contribution in [0, 0.1) is 51.4 Å². The number of aliphatic hydroxyl groups excluding tert-OH is 2. The Kier molecular flexibility index (Phi) is 37.0. The van der Waals surface area contributed by atoms with E-state index in [1.807, 2.05) is 62.4 Å². The van der Waals surface area contributed by atoms with Crippen LogP contribution in [0.1, 0.15) is 77.9 Å². The third kappa shape index (κ3) is 30.5. The highest BCUT2D eigenvalue weighted by Crippen LogP contribution is 2.26. The number of carbonyl (C=O) groups excluding carboxylic acids is 12. The molecule has 10 rings (SSSR count). The first-order chi connectivity index (χ1) is 59.4. The van der Waals surface area contributed by atoms with Crippen LogP contribution in [0.15, 0.2) is 279 Å². The maximum atomic E-state index is 13.0. The lowest BCUT2D eigenvalue weighted by Gasteiger charge is -2.12. The fourth-order valence-electron chi connectivity index (χ4n) is 11.2. The Morgan fingerprint density at radius 3 is 0.758 bits per heavy atom. The molecule has 0 saturated heterocycles. The summed E-state index contributed by atoms with van der Waals surface area (Å²) in [7, 11) is 2.21. The molecule has 0 bridgehead atoms. The van der Waals surface area contributed by atoms with E-state index in [2.05, 4.69) is 20.1 Å². The monoisotopic (exact) mass is 1670 g/mol. The number of rotatable bonds is 32. The van der Waals surface area contributed by atoms with Gasteiger partial charge in [0.1, 0.15) is 34.5 Å². The minimum atomic E-state index is -1.66. The number of aliphatic hydroxyl groups is 2. The van der Waals surface area contributed by atoms with Crippen molar-refractivity contribution in [2.75, 3.05) is 24.9 Å². The number of methoxy groups -OCH3 is 2. The largest absolute Gasteiger partial charge is 0.508 e. The molecular weight excluding hydrogens is 1580 g/mol. The van der Waals surface area contributed by atoms with Gasteiger partial charge in [0.05, 0.1) is 27.4 Å². The number of carbonyl (C=O) groups is 12. The molecule has 632 valence electrons. The lowest BCUT2D eigenvalue weighted by Crippen LogP contribution is -2.34. The predicted octanol–water partition coefficient (Wildman–Crippen LogP) is 14.7. The summed E-state index contributed by atoms with van der Waals surface area (Å²) in [6, 6.07) is 62.7. The highest BCUT2D eigenvalue weighted by Gasteiger charge is 2.35. The number of para-hydroxylation sites is 2. The second-order valence-electron chi connectivity index (χ2n) is 27.6. The Balaban J connectivity index is 0.000000228. The van der Waals surface area contributed by atoms with Crippen molar-refractivity contribution < 1.29 is 108 Å². The molecule has 0 fully saturated rings. The first-order valence-corrected chi connectivity index (χ1v) is 38.2. The van der Waals surface area contributed by atoms with Gasteiger partial charge in [-0.05, 0) is 229 Å². The lowest BCUT2D eigenvalue weighted by atomic mass is 9.95. The van der Waals surface area contributed by atoms with Crippen molar-refractivity contribution in [3.63, 3.8) is 0 Å². The molecule has 4 atom stereocenters. The number of nitrogens with one attached hydrogen (secondary N) is 2. The molecule has 0 aliphatic rings. The van der Waals surface area contributed by atoms with E-state index in [1.165, 1.54) is 127 Å². The number of allylic oxidation sites excluding steroid dienone is 8. The van der Waals surface area contributed by atoms with Crippen LogP contribution in [-0.2, 0) is 80.2 Å². The quantitative estimate of drug-likeness (QED) is 0.0106. The minimum Gasteiger partial charge on any atom is -0.508 e. The van der Waals surface area contributed by atoms with Crippen LogP contribution in [0.25, 0.3) is 48.6 Å². The van der Waals surface area contributed by atoms with Crippen molar-refractivity contribution in [3.8, 4) is 34.5 Å². The average molecular weight is 1670 g/mol. The maximum Gasteiger partial charge on any atom is 0.324 e. The van der Waals surface area contributed by atoms with Crippen LogP contribution < -0.4 is 10.6 Å². The molecule has 24 heteroatoms. The number of benzene rings is 10. The minimum absolute atomic E-state index is 0.0825. The first kappa shape index (κ1) is 95.2. The summed E-state index contributed by atoms with van der Waals surface area (Å²) in [6.45, 7) is 6.55. The molecule has 0 aromatic heterocycles. The Morgan fingerprint density at radius 2 is 0.508 bits per heavy atom. The number of aromatic hydroxyl groups is 6. The summed E-state index contributed by atoms with van der Waals surface area (Å²) in [5.41, 5.74) is 10.0. The number of anilines is 2. The molecule has 24 nitrogen and oxygen atoms in total. The van der Waals surface area contributed by atoms with Gasteiger partial charge in [0.25, 0.3) is 0 Å². The Labute approximate surface area is 715 Å². The van der Waals surface area contributed by atoms with E-state index in [0.717, 1.165) is 66.9 Å². The van der Waals surface area contributed by atoms with Crippen molar-refractivity contribution in [3.05, 3.63) is 357 Å². The van der Waals surface area contributed by atoms with E-state index < -0.39 is 93.7 Å². The normalized spacial score (nSPS) is 12.1. The van der Waals surface area contributed by atoms with Gasteiger partial charge in [0.2, 0.25) is 11.8 Å². The second kappa shape index (κ2) is 48.2. The van der Waals surface area contributed by atoms with Crippen LogP contribution in [0.5, 0.6) is 34.5 Å². The highest BCUT2D eigenvalue weighted by molar-refractivity contribution is 6.30. The Hall–Kier alpha value is -15.9. The molecule has 0 aliphatic heterocycles. The Bertz CT molecular complexity index is 5610. The predicted molar refractivity (Wildman–Crippen MR) is 473 cm³/mol. The third-order valence-corrected chi connectivity index (χ3v) is 18.2. The molecule has 2 amide bonds. The van der Waals surface area contributed by atoms with Crippen molar-refractivity contribution in [2.24, 2.45) is 23.7 Å². The van der Waals surface area contributed by atoms with Crippen molar-refractivity contribution in [1.29, 1.82) is 0 Å². The number of ether oxygens (including phenoxy) is 2. The van der Waals surface area contributed by atoms with Crippen LogP contribution in [0.3, 0.4) is 0 Å². The number of phenolic OH excluding ortho intramolecular Hbond substituents is 4. The summed E-state index contributed by atoms with van der Waals surface area (Å²) < 4.78 is 9.21. The standard InChI is InChI=1S/C28H25NO6.C27H23NO4.C23H22O7.C22H20O5/c1-18-15-19(7-11-23(18)31)9-13-25(33)27(28(35)29-22-5-3-2-4-6-22)26(34)14-10-20-8-12-24(32)21(16-20)17-30;1-19-7-9-20(10-8-19)13-17-24(30)26(27(32)28-22-5-3-2-4-6-22)25(31)18-14-21-11-15-23(29)16-12-21;1-14-11-15(3-7-18(14)25)5-9-20(27)22(23(29)30-2)21(28)10-6-16-4-8-19(26)17(12-16)13-24;1-15-3-5-16(6-4-15)9-13-19(24)21(22(26)27-2)20(25)14-10-17-7-11-18(23)12-8-17/h2-16,27,30-32H,17H2,1H3,(H,29,35);2-18,26,29H,1H3,(H,28,32);3-12,22,24-26H,13H2,1-2H3;3-14,21,23H,1-2H3/b13-9+,14-10+;17-13+,18-14+;9-5+,10-6+;13-9+,14-10+. The van der Waals surface area contributed by atoms with Gasteiger partial charge in [0, 0.05) is 22.5 Å². The van der Waals surface area contributed by atoms with Gasteiger partial charge in [-0.25, -0.2) is 0 Å². The van der Waals surface area contributed by atoms with Gasteiger partial charge >= 0.3 is 11.9 Å². The van der Waals surface area contributed by atoms with Gasteiger partial charge in [-0.15, -0.1) is 0 Å². The van der Waals surface area contributed by atoms with Gasteiger partial charge in [-0.1, -0.05) is 193 Å². The maximum absolute atomic E-state index is 13.0. The molecule has 0 aliphatic carbocycles. The van der Waals surface area contributed by atoms with Crippen molar-refractivity contribution in [2.45, 2.75) is 40.9 Å². The van der Waals surface area contributed by atoms with E-state index in [1.54, 1.807) is 135 Å². The van der Waals surface area contributed by atoms with Crippen molar-refractivity contribution >= 4 is 130 Å². The van der Waals surface area contributed by atoms with E-state index in [0.29, 0.717) is 55.9 Å². The summed E-state index contributed by atoms with van der Waals surface area (Å²) in [5, 5.41) is 80.9. The smallest absolute Gasteiger partial charge is 0.324 e. The highest BCUT2D eigenvalue weighted by atomic mass is 16.5. The van der Waals surface area contributed by atoms with E-state index in [-0.39, 0.29) is 58.8 Å². The summed E-state index contributed by atoms with van der Waals surface area (Å²) >= 11 is 0. The molecule has 0 radical (unpaired) electrons. The molecule has 4 unspecified atom stereocenters. The summed E-state index contributed by atoms with van der Waals surface area (Å²) in [5.74, 6) is -15.0. The molecule has 0 heterocycles. The Morgan fingerprint density at radius 1 is 0.282 bits per heavy atom. The zero-order chi connectivity index (χ0) is 90.4. The zero-order valence-corrected chi connectivity index (χ0v) is 68.2. The van der Waals surface area contributed by atoms with Crippen LogP contribution in [-0.4, -0.2) is 125 Å². The molecule has 0 spiro atoms. The molecule has 0 saturated carbocycles. The number of aryl methyl sites for hydroxylation is 4. The number of ketones is 8. The number of hydrogen-bond acceptors (Lipinski definition) is 22. The zero-order valence-electron chi connectivity index (χ0n) is 68.2. The van der Waals surface area contributed by atoms with Crippen LogP contribution >= 0.6 is 0 Å². The van der Waals surface area contributed by atoms with Gasteiger partial charge in [-0.2, -0.15) is 0 Å². The third-order valence-electron chi connectivity index (χ3n) is 18.2. The van der Waals surface area contributed by atoms with E-state index >= 15 is 0 Å². The van der Waals surface area contributed by atoms with Gasteiger partial charge in [0.15, 0.2) is 69.9 Å². The number of hydrogen-bond donors (Lipinski definition) is 10. The molecule has 10 aromatic rings. The fourth-order valence-corrected chi connectivity index (χ4v) is 11.2. The topological polar surface area (TPSA) is 409 Å². The lowest BCUT2D eigenvalue weighted by molar-refractivity contribution is -0.153. The van der Waals surface area contributed by atoms with Crippen LogP contribution in [0.4, 0.5) is 11.4 Å². The average Bonchev–Trinajstić information content (AvgIpc) is 0.838. The van der Waals surface area contributed by atoms with E-state index in [9.17, 15) is 98.4 Å². The number of amides is 2. The van der Waals surface area contributed by atoms with Gasteiger partial charge < -0.3 is 61.0 Å². The van der Waals surface area contributed by atoms with Crippen LogP contribution in [0.2, 0.25) is 0 Å². The van der Waals surface area contributed by atoms with Gasteiger partial charge in [-0.3, -0.25) is 57.5 Å². The van der Waals surface area contributed by atoms with Crippen molar-refractivity contribution in [1.82, 2.24) is 0 Å². The molecule has 10 N–H and O–H groups in total. The number of esters is 2. The SMILES string of the molecule is COC(=O)C(C(=O)/C=C/c1ccc(C)cc1)C(=O)/C=C/c1ccc(O)cc1.COC(=O)C(C(=O)/C=C/c1ccc(O)c(C)c1)C(=O)/C=C/c1ccc(O)c(CO)c1.Cc1cc(/C=C/C(=O)C(C(=O)/C=C/c2ccc(O)c(CO)c2)C(=O)Nc2ccccc2)ccc1O.Cc1ccc(/C=C/C(=O)C(C(=O)/C=C/c2ccc(O)cc2)C(=O)Nc2ccccc2)cc1. The first-order valence-electron chi connectivity index (χ1n) is 38.2. The summed E-state index contributed by atoms with van der Waals surface area (Å²) in [6.07, 6.45) is 21.1. The molecular formula is C100H90N2O22. The second-order valence-corrected chi connectivity index (χ2v) is 27.6. The molecule has 10 aromatic carbocycles. The fraction of sp³-hybridized carbons (Fsp3) is 0.120. The van der Waals surface area contributed by atoms with E-state index in [4.69, 9.17) is 0 Å².